The Labute approximate surface area is 311 Å². The van der Waals surface area contributed by atoms with Gasteiger partial charge in [-0.1, -0.05) is 111 Å². The minimum atomic E-state index is -1.36. The van der Waals surface area contributed by atoms with Crippen LogP contribution >= 0.6 is 0 Å². The zero-order valence-corrected chi connectivity index (χ0v) is 29.8. The van der Waals surface area contributed by atoms with E-state index in [4.69, 9.17) is 4.98 Å². The largest absolute Gasteiger partial charge is 0.309 e. The fourth-order valence-corrected chi connectivity index (χ4v) is 9.00. The molecule has 6 aromatic carbocycles. The number of hydrogen-bond acceptors (Lipinski definition) is 3. The second-order valence-corrected chi connectivity index (χ2v) is 14.8. The van der Waals surface area contributed by atoms with E-state index >= 15 is 4.39 Å². The van der Waals surface area contributed by atoms with E-state index in [1.807, 2.05) is 60.9 Å². The molecule has 0 N–H and O–H groups in total. The van der Waals surface area contributed by atoms with Crippen molar-refractivity contribution < 1.29 is 4.39 Å². The summed E-state index contributed by atoms with van der Waals surface area (Å²) in [7, 11) is 0. The molecule has 5 heterocycles. The lowest BCUT2D eigenvalue weighted by atomic mass is 9.74. The third-order valence-corrected chi connectivity index (χ3v) is 11.5. The van der Waals surface area contributed by atoms with E-state index in [9.17, 15) is 0 Å². The number of aromatic nitrogens is 4. The molecule has 0 saturated heterocycles. The Balaban J connectivity index is 1.11. The maximum Gasteiger partial charge on any atom is 0.150 e. The van der Waals surface area contributed by atoms with Crippen LogP contribution in [0.15, 0.2) is 164 Å². The van der Waals surface area contributed by atoms with E-state index in [2.05, 4.69) is 130 Å². The molecule has 0 amide bonds. The highest BCUT2D eigenvalue weighted by atomic mass is 19.1. The minimum absolute atomic E-state index is 0.399. The maximum atomic E-state index is 17.0. The first-order valence-electron chi connectivity index (χ1n) is 18.4. The molecule has 5 nitrogen and oxygen atoms in total. The monoisotopic (exact) mass is 699 g/mol. The zero-order chi connectivity index (χ0) is 36.1. The molecule has 4 aromatic heterocycles. The Bertz CT molecular complexity index is 3120. The Morgan fingerprint density at radius 2 is 1.30 bits per heavy atom. The van der Waals surface area contributed by atoms with Crippen LogP contribution in [-0.4, -0.2) is 18.9 Å². The summed E-state index contributed by atoms with van der Waals surface area (Å²) in [5.74, 6) is 0.845. The van der Waals surface area contributed by atoms with Gasteiger partial charge in [-0.2, -0.15) is 0 Å². The molecular formula is C48H34FN5. The first-order chi connectivity index (χ1) is 26.5. The van der Waals surface area contributed by atoms with Crippen molar-refractivity contribution in [3.63, 3.8) is 0 Å². The predicted molar refractivity (Wildman–Crippen MR) is 219 cm³/mol. The Morgan fingerprint density at radius 1 is 0.593 bits per heavy atom. The summed E-state index contributed by atoms with van der Waals surface area (Å²) in [4.78, 5) is 12.2. The van der Waals surface area contributed by atoms with Crippen molar-refractivity contribution in [2.24, 2.45) is 0 Å². The smallest absolute Gasteiger partial charge is 0.150 e. The van der Waals surface area contributed by atoms with Gasteiger partial charge in [0, 0.05) is 62.5 Å². The first-order valence-corrected chi connectivity index (χ1v) is 18.4. The summed E-state index contributed by atoms with van der Waals surface area (Å²) in [5.41, 5.74) is 10.2. The van der Waals surface area contributed by atoms with E-state index in [-0.39, 0.29) is 0 Å². The van der Waals surface area contributed by atoms with Gasteiger partial charge in [-0.15, -0.1) is 0 Å². The van der Waals surface area contributed by atoms with Crippen LogP contribution in [0.5, 0.6) is 0 Å². The lowest BCUT2D eigenvalue weighted by Gasteiger charge is -2.41. The van der Waals surface area contributed by atoms with Crippen molar-refractivity contribution in [3.8, 4) is 5.69 Å². The summed E-state index contributed by atoms with van der Waals surface area (Å²) < 4.78 is 21.5. The lowest BCUT2D eigenvalue weighted by molar-refractivity contribution is 0.402. The Morgan fingerprint density at radius 3 is 2.15 bits per heavy atom. The molecule has 0 spiro atoms. The molecule has 0 radical (unpaired) electrons. The number of para-hydroxylation sites is 4. The third kappa shape index (κ3) is 4.25. The molecule has 1 atom stereocenters. The van der Waals surface area contributed by atoms with Gasteiger partial charge >= 0.3 is 0 Å². The highest BCUT2D eigenvalue weighted by Crippen LogP contribution is 2.54. The normalized spacial score (nSPS) is 14.2. The number of fused-ring (bicyclic) bond motifs is 12. The van der Waals surface area contributed by atoms with Crippen LogP contribution in [0.25, 0.3) is 54.8 Å². The highest BCUT2D eigenvalue weighted by Gasteiger charge is 2.41. The number of halogens is 1. The lowest BCUT2D eigenvalue weighted by Crippen LogP contribution is -2.32. The summed E-state index contributed by atoms with van der Waals surface area (Å²) in [6.45, 7) is 4.59. The van der Waals surface area contributed by atoms with Crippen LogP contribution in [0.1, 0.15) is 42.3 Å². The quantitative estimate of drug-likeness (QED) is 0.172. The molecule has 11 rings (SSSR count). The van der Waals surface area contributed by atoms with Crippen LogP contribution in [-0.2, 0) is 5.41 Å². The second kappa shape index (κ2) is 11.4. The third-order valence-electron chi connectivity index (χ3n) is 11.5. The van der Waals surface area contributed by atoms with Crippen molar-refractivity contribution >= 4 is 66.3 Å². The molecule has 1 aliphatic rings. The average Bonchev–Trinajstić information content (AvgIpc) is 3.85. The summed E-state index contributed by atoms with van der Waals surface area (Å²) in [6, 6.07) is 49.8. The molecule has 0 saturated carbocycles. The fourth-order valence-electron chi connectivity index (χ4n) is 9.00. The van der Waals surface area contributed by atoms with E-state index in [0.29, 0.717) is 11.1 Å². The zero-order valence-electron chi connectivity index (χ0n) is 29.8. The summed E-state index contributed by atoms with van der Waals surface area (Å²) in [6.07, 6.45) is 4.44. The van der Waals surface area contributed by atoms with E-state index in [1.54, 1.807) is 6.20 Å². The summed E-state index contributed by atoms with van der Waals surface area (Å²) >= 11 is 0. The van der Waals surface area contributed by atoms with Crippen molar-refractivity contribution in [1.82, 2.24) is 18.9 Å². The van der Waals surface area contributed by atoms with E-state index < -0.39 is 11.6 Å². The number of anilines is 3. The predicted octanol–water partition coefficient (Wildman–Crippen LogP) is 12.3. The van der Waals surface area contributed by atoms with Crippen molar-refractivity contribution in [2.45, 2.75) is 25.4 Å². The van der Waals surface area contributed by atoms with Gasteiger partial charge in [0.1, 0.15) is 11.5 Å². The number of imidazole rings is 1. The maximum absolute atomic E-state index is 17.0. The topological polar surface area (TPSA) is 38.4 Å². The van der Waals surface area contributed by atoms with Gasteiger partial charge < -0.3 is 4.57 Å². The molecule has 6 heteroatoms. The molecule has 54 heavy (non-hydrogen) atoms. The van der Waals surface area contributed by atoms with Crippen molar-refractivity contribution in [1.29, 1.82) is 0 Å². The van der Waals surface area contributed by atoms with Crippen molar-refractivity contribution in [3.05, 3.63) is 186 Å². The number of rotatable bonds is 4. The molecule has 1 unspecified atom stereocenters. The van der Waals surface area contributed by atoms with Gasteiger partial charge in [-0.3, -0.25) is 9.30 Å². The minimum Gasteiger partial charge on any atom is -0.309 e. The number of pyridine rings is 2. The van der Waals surface area contributed by atoms with Crippen molar-refractivity contribution in [2.75, 3.05) is 4.90 Å². The number of hydrogen-bond donors (Lipinski definition) is 0. The fraction of sp³-hybridized carbons (Fsp3) is 0.0833. The molecule has 0 fully saturated rings. The van der Waals surface area contributed by atoms with Gasteiger partial charge in [0.15, 0.2) is 6.17 Å². The molecule has 258 valence electrons. The Hall–Kier alpha value is -6.79. The average molecular weight is 700 g/mol. The highest BCUT2D eigenvalue weighted by molar-refractivity contribution is 6.13. The molecular weight excluding hydrogens is 666 g/mol. The second-order valence-electron chi connectivity index (χ2n) is 14.8. The SMILES string of the molecule is CC1(C)c2ccccc2N(c2cccc(C(F)c3ccc4c5ccccc5n5ccnc5c4c3)c2)c2ncc3c4ccccc4n(-c4ccccc4)c3c21. The van der Waals surface area contributed by atoms with Gasteiger partial charge in [-0.05, 0) is 70.6 Å². The molecule has 0 aliphatic carbocycles. The molecule has 1 aliphatic heterocycles. The van der Waals surface area contributed by atoms with E-state index in [1.165, 1.54) is 5.56 Å². The van der Waals surface area contributed by atoms with E-state index in [0.717, 1.165) is 77.6 Å². The van der Waals surface area contributed by atoms with Gasteiger partial charge in [-0.25, -0.2) is 14.4 Å². The van der Waals surface area contributed by atoms with Gasteiger partial charge in [0.05, 0.1) is 22.2 Å². The van der Waals surface area contributed by atoms with Crippen LogP contribution < -0.4 is 4.90 Å². The standard InChI is InChI=1S/C48H34FN5/c1-48(2)39-19-8-11-22-42(39)54(47-43(48)45-38(29-51-47)36-18-7-10-21-41(36)53(45)32-14-4-3-5-15-32)33-16-12-13-30(27-33)44(49)31-23-24-34-35-17-6-9-20-40(35)52-26-25-50-46(52)37(34)28-31/h3-29,44H,1-2H3. The number of nitrogens with zero attached hydrogens (tertiary/aromatic N) is 5. The Kier molecular flexibility index (Phi) is 6.48. The number of alkyl halides is 1. The summed E-state index contributed by atoms with van der Waals surface area (Å²) in [5, 5.41) is 5.36. The van der Waals surface area contributed by atoms with Gasteiger partial charge in [0.25, 0.3) is 0 Å². The van der Waals surface area contributed by atoms with Crippen LogP contribution in [0.2, 0.25) is 0 Å². The van der Waals surface area contributed by atoms with Crippen LogP contribution in [0, 0.1) is 0 Å². The van der Waals surface area contributed by atoms with Crippen LogP contribution in [0.3, 0.4) is 0 Å². The van der Waals surface area contributed by atoms with Gasteiger partial charge in [0.2, 0.25) is 0 Å². The molecule has 0 bridgehead atoms. The molecule has 10 aromatic rings. The first kappa shape index (κ1) is 30.8. The number of benzene rings is 6. The van der Waals surface area contributed by atoms with Crippen LogP contribution in [0.4, 0.5) is 21.6 Å².